The molecule has 1 N–H and O–H groups in total. The SMILES string of the molecule is CCCCNC(=O)C1CCCCC1. The first kappa shape index (κ1) is 10.6. The highest BCUT2D eigenvalue weighted by Gasteiger charge is 2.19. The summed E-state index contributed by atoms with van der Waals surface area (Å²) in [4.78, 5) is 11.6. The molecular formula is C11H21NO. The molecule has 0 bridgehead atoms. The number of hydrogen-bond donors (Lipinski definition) is 1. The Hall–Kier alpha value is -0.530. The van der Waals surface area contributed by atoms with Gasteiger partial charge in [0, 0.05) is 12.5 Å². The third kappa shape index (κ3) is 3.79. The molecule has 2 nitrogen and oxygen atoms in total. The Morgan fingerprint density at radius 2 is 2.00 bits per heavy atom. The zero-order valence-electron chi connectivity index (χ0n) is 8.64. The first-order chi connectivity index (χ1) is 6.34. The van der Waals surface area contributed by atoms with Gasteiger partial charge in [0.25, 0.3) is 0 Å². The lowest BCUT2D eigenvalue weighted by Crippen LogP contribution is -2.32. The number of rotatable bonds is 4. The molecule has 1 aliphatic carbocycles. The summed E-state index contributed by atoms with van der Waals surface area (Å²) in [5.74, 6) is 0.624. The Bertz CT molecular complexity index is 150. The van der Waals surface area contributed by atoms with Gasteiger partial charge in [-0.05, 0) is 19.3 Å². The van der Waals surface area contributed by atoms with Gasteiger partial charge in [-0.3, -0.25) is 4.79 Å². The Morgan fingerprint density at radius 3 is 2.62 bits per heavy atom. The summed E-state index contributed by atoms with van der Waals surface area (Å²) in [6, 6.07) is 0. The van der Waals surface area contributed by atoms with Gasteiger partial charge < -0.3 is 5.32 Å². The lowest BCUT2D eigenvalue weighted by molar-refractivity contribution is -0.125. The highest BCUT2D eigenvalue weighted by atomic mass is 16.1. The number of amides is 1. The quantitative estimate of drug-likeness (QED) is 0.666. The minimum Gasteiger partial charge on any atom is -0.356 e. The normalized spacial score (nSPS) is 18.5. The van der Waals surface area contributed by atoms with Gasteiger partial charge in [0.2, 0.25) is 5.91 Å². The average molecular weight is 183 g/mol. The van der Waals surface area contributed by atoms with Crippen LogP contribution in [0, 0.1) is 5.92 Å². The molecule has 0 unspecified atom stereocenters. The standard InChI is InChI=1S/C11H21NO/c1-2-3-9-12-11(13)10-7-5-4-6-8-10/h10H,2-9H2,1H3,(H,12,13). The van der Waals surface area contributed by atoms with Crippen molar-refractivity contribution in [1.29, 1.82) is 0 Å². The molecule has 0 aromatic carbocycles. The Balaban J connectivity index is 2.13. The Kier molecular flexibility index (Phi) is 4.87. The molecular weight excluding hydrogens is 162 g/mol. The second-order valence-electron chi connectivity index (χ2n) is 3.98. The molecule has 1 saturated carbocycles. The van der Waals surface area contributed by atoms with Crippen molar-refractivity contribution in [3.8, 4) is 0 Å². The molecule has 2 heteroatoms. The second kappa shape index (κ2) is 6.01. The maximum atomic E-state index is 11.6. The summed E-state index contributed by atoms with van der Waals surface area (Å²) in [6.45, 7) is 3.01. The molecule has 1 amide bonds. The van der Waals surface area contributed by atoms with Crippen molar-refractivity contribution in [3.63, 3.8) is 0 Å². The van der Waals surface area contributed by atoms with Gasteiger partial charge in [0.15, 0.2) is 0 Å². The third-order valence-electron chi connectivity index (χ3n) is 2.81. The summed E-state index contributed by atoms with van der Waals surface area (Å²) in [6.07, 6.45) is 8.29. The molecule has 0 atom stereocenters. The predicted octanol–water partition coefficient (Wildman–Crippen LogP) is 2.48. The van der Waals surface area contributed by atoms with Crippen molar-refractivity contribution in [2.24, 2.45) is 5.92 Å². The van der Waals surface area contributed by atoms with Crippen LogP contribution >= 0.6 is 0 Å². The molecule has 1 rings (SSSR count). The average Bonchev–Trinajstić information content (AvgIpc) is 2.19. The second-order valence-corrected chi connectivity index (χ2v) is 3.98. The minimum atomic E-state index is 0.299. The highest BCUT2D eigenvalue weighted by Crippen LogP contribution is 2.23. The maximum absolute atomic E-state index is 11.6. The van der Waals surface area contributed by atoms with E-state index < -0.39 is 0 Å². The Morgan fingerprint density at radius 1 is 1.31 bits per heavy atom. The van der Waals surface area contributed by atoms with Gasteiger partial charge in [0.05, 0.1) is 0 Å². The summed E-state index contributed by atoms with van der Waals surface area (Å²) in [5, 5.41) is 3.01. The monoisotopic (exact) mass is 183 g/mol. The molecule has 1 aliphatic rings. The largest absolute Gasteiger partial charge is 0.356 e. The highest BCUT2D eigenvalue weighted by molar-refractivity contribution is 5.78. The summed E-state index contributed by atoms with van der Waals surface area (Å²) >= 11 is 0. The molecule has 13 heavy (non-hydrogen) atoms. The van der Waals surface area contributed by atoms with Gasteiger partial charge in [-0.15, -0.1) is 0 Å². The predicted molar refractivity (Wildman–Crippen MR) is 54.5 cm³/mol. The van der Waals surface area contributed by atoms with Crippen LogP contribution in [0.5, 0.6) is 0 Å². The van der Waals surface area contributed by atoms with Crippen LogP contribution in [0.3, 0.4) is 0 Å². The fourth-order valence-corrected chi connectivity index (χ4v) is 1.90. The molecule has 0 saturated heterocycles. The van der Waals surface area contributed by atoms with Crippen molar-refractivity contribution >= 4 is 5.91 Å². The van der Waals surface area contributed by atoms with Crippen molar-refractivity contribution < 1.29 is 4.79 Å². The Labute approximate surface area is 81.1 Å². The van der Waals surface area contributed by atoms with E-state index >= 15 is 0 Å². The lowest BCUT2D eigenvalue weighted by Gasteiger charge is -2.20. The zero-order chi connectivity index (χ0) is 9.52. The van der Waals surface area contributed by atoms with E-state index in [0.717, 1.165) is 32.2 Å². The van der Waals surface area contributed by atoms with Gasteiger partial charge in [-0.2, -0.15) is 0 Å². The number of hydrogen-bond acceptors (Lipinski definition) is 1. The van der Waals surface area contributed by atoms with Crippen molar-refractivity contribution in [3.05, 3.63) is 0 Å². The van der Waals surface area contributed by atoms with Crippen LogP contribution in [-0.2, 0) is 4.79 Å². The molecule has 0 spiro atoms. The van der Waals surface area contributed by atoms with Gasteiger partial charge in [-0.1, -0.05) is 32.6 Å². The van der Waals surface area contributed by atoms with Crippen molar-refractivity contribution in [1.82, 2.24) is 5.32 Å². The molecule has 0 aromatic heterocycles. The molecule has 0 radical (unpaired) electrons. The fraction of sp³-hybridized carbons (Fsp3) is 0.909. The smallest absolute Gasteiger partial charge is 0.223 e. The van der Waals surface area contributed by atoms with Gasteiger partial charge in [0.1, 0.15) is 0 Å². The summed E-state index contributed by atoms with van der Waals surface area (Å²) < 4.78 is 0. The molecule has 0 heterocycles. The summed E-state index contributed by atoms with van der Waals surface area (Å²) in [7, 11) is 0. The van der Waals surface area contributed by atoms with E-state index in [1.807, 2.05) is 0 Å². The van der Waals surface area contributed by atoms with Crippen LogP contribution in [0.15, 0.2) is 0 Å². The molecule has 1 fully saturated rings. The van der Waals surface area contributed by atoms with E-state index in [0.29, 0.717) is 11.8 Å². The van der Waals surface area contributed by atoms with E-state index in [2.05, 4.69) is 12.2 Å². The molecule has 0 aromatic rings. The van der Waals surface area contributed by atoms with Crippen molar-refractivity contribution in [2.45, 2.75) is 51.9 Å². The van der Waals surface area contributed by atoms with E-state index in [1.54, 1.807) is 0 Å². The molecule has 0 aliphatic heterocycles. The van der Waals surface area contributed by atoms with Crippen molar-refractivity contribution in [2.75, 3.05) is 6.54 Å². The first-order valence-electron chi connectivity index (χ1n) is 5.62. The van der Waals surface area contributed by atoms with E-state index in [-0.39, 0.29) is 0 Å². The van der Waals surface area contributed by atoms with E-state index in [1.165, 1.54) is 19.3 Å². The van der Waals surface area contributed by atoms with Crippen LogP contribution in [0.2, 0.25) is 0 Å². The maximum Gasteiger partial charge on any atom is 0.223 e. The number of carbonyl (C=O) groups is 1. The first-order valence-corrected chi connectivity index (χ1v) is 5.62. The minimum absolute atomic E-state index is 0.299. The number of carbonyl (C=O) groups excluding carboxylic acids is 1. The van der Waals surface area contributed by atoms with E-state index in [9.17, 15) is 4.79 Å². The third-order valence-corrected chi connectivity index (χ3v) is 2.81. The van der Waals surface area contributed by atoms with Crippen LogP contribution in [0.4, 0.5) is 0 Å². The van der Waals surface area contributed by atoms with Crippen LogP contribution in [0.25, 0.3) is 0 Å². The molecule has 76 valence electrons. The van der Waals surface area contributed by atoms with Crippen LogP contribution in [0.1, 0.15) is 51.9 Å². The summed E-state index contributed by atoms with van der Waals surface area (Å²) in [5.41, 5.74) is 0. The number of unbranched alkanes of at least 4 members (excludes halogenated alkanes) is 1. The van der Waals surface area contributed by atoms with Crippen LogP contribution in [-0.4, -0.2) is 12.5 Å². The fourth-order valence-electron chi connectivity index (χ4n) is 1.90. The van der Waals surface area contributed by atoms with Crippen LogP contribution < -0.4 is 5.32 Å². The van der Waals surface area contributed by atoms with E-state index in [4.69, 9.17) is 0 Å². The zero-order valence-corrected chi connectivity index (χ0v) is 8.64. The topological polar surface area (TPSA) is 29.1 Å². The lowest BCUT2D eigenvalue weighted by atomic mass is 9.89. The van der Waals surface area contributed by atoms with Gasteiger partial charge >= 0.3 is 0 Å². The van der Waals surface area contributed by atoms with Gasteiger partial charge in [-0.25, -0.2) is 0 Å². The number of nitrogens with one attached hydrogen (secondary N) is 1.